The lowest BCUT2D eigenvalue weighted by Crippen LogP contribution is -2.44. The van der Waals surface area contributed by atoms with Crippen molar-refractivity contribution < 1.29 is 27.8 Å². The van der Waals surface area contributed by atoms with Gasteiger partial charge in [-0.05, 0) is 47.7 Å². The molecule has 1 atom stereocenters. The molecule has 2 aliphatic rings. The third-order valence-electron chi connectivity index (χ3n) is 8.32. The lowest BCUT2D eigenvalue weighted by Gasteiger charge is -2.33. The normalized spacial score (nSPS) is 16.5. The number of pyridine rings is 1. The molecule has 4 aromatic rings. The standard InChI is InChI=1S/C35H33F2N5O4S/c1-5-30(44)41-19-25-16-28(40-42(25)18-20(41)2)34-32(31(27(37)8-10-36)21(3)46-12-11-45-4)35-26(9-13-47-35)33(39-34)23-7-6-22-15-29(43)38-17-24(22)14-23/h5-10,13-14,16,20H,1,3,11-12,15,17-19H2,2,4H3,(H,38,43)/b10-8+,31-27-/t20-/m1/s1. The van der Waals surface area contributed by atoms with Gasteiger partial charge in [-0.3, -0.25) is 14.3 Å². The average Bonchev–Trinajstić information content (AvgIpc) is 3.71. The zero-order chi connectivity index (χ0) is 33.2. The Morgan fingerprint density at radius 2 is 2.04 bits per heavy atom. The summed E-state index contributed by atoms with van der Waals surface area (Å²) in [5.41, 5.74) is 5.20. The zero-order valence-corrected chi connectivity index (χ0v) is 26.8. The van der Waals surface area contributed by atoms with Gasteiger partial charge in [0.05, 0.1) is 49.4 Å². The number of amides is 2. The zero-order valence-electron chi connectivity index (χ0n) is 26.0. The minimum atomic E-state index is -0.898. The molecular formula is C35H33F2N5O4S. The summed E-state index contributed by atoms with van der Waals surface area (Å²) in [5, 5.41) is 10.4. The average molecular weight is 658 g/mol. The van der Waals surface area contributed by atoms with E-state index in [0.29, 0.717) is 59.5 Å². The number of carbonyl (C=O) groups excluding carboxylic acids is 2. The van der Waals surface area contributed by atoms with Gasteiger partial charge < -0.3 is 19.7 Å². The number of hydrogen-bond donors (Lipinski definition) is 1. The first kappa shape index (κ1) is 32.0. The Bertz CT molecular complexity index is 1980. The molecule has 0 aliphatic carbocycles. The highest BCUT2D eigenvalue weighted by Crippen LogP contribution is 2.44. The van der Waals surface area contributed by atoms with Gasteiger partial charge in [-0.25, -0.2) is 13.8 Å². The van der Waals surface area contributed by atoms with E-state index < -0.39 is 5.83 Å². The van der Waals surface area contributed by atoms with Gasteiger partial charge in [-0.1, -0.05) is 25.3 Å². The molecule has 2 amide bonds. The summed E-state index contributed by atoms with van der Waals surface area (Å²) in [6, 6.07) is 9.46. The quantitative estimate of drug-likeness (QED) is 0.0937. The molecule has 6 rings (SSSR count). The summed E-state index contributed by atoms with van der Waals surface area (Å²) < 4.78 is 42.9. The molecule has 5 heterocycles. The Labute approximate surface area is 274 Å². The third kappa shape index (κ3) is 6.13. The van der Waals surface area contributed by atoms with E-state index in [1.54, 1.807) is 4.90 Å². The van der Waals surface area contributed by atoms with Crippen molar-refractivity contribution in [3.05, 3.63) is 101 Å². The van der Waals surface area contributed by atoms with E-state index in [9.17, 15) is 14.0 Å². The van der Waals surface area contributed by atoms with Crippen molar-refractivity contribution in [2.24, 2.45) is 0 Å². The fraction of sp³-hybridized carbons (Fsp3) is 0.257. The van der Waals surface area contributed by atoms with E-state index >= 15 is 4.39 Å². The van der Waals surface area contributed by atoms with Gasteiger partial charge in [-0.15, -0.1) is 11.3 Å². The van der Waals surface area contributed by atoms with Crippen LogP contribution in [0.4, 0.5) is 8.78 Å². The van der Waals surface area contributed by atoms with Gasteiger partial charge in [0.1, 0.15) is 29.6 Å². The number of benzene rings is 1. The van der Waals surface area contributed by atoms with E-state index in [1.165, 1.54) is 24.5 Å². The van der Waals surface area contributed by atoms with Crippen LogP contribution in [0, 0.1) is 0 Å². The summed E-state index contributed by atoms with van der Waals surface area (Å²) in [6.07, 6.45) is 2.43. The van der Waals surface area contributed by atoms with Crippen molar-refractivity contribution in [2.75, 3.05) is 20.3 Å². The molecule has 0 saturated heterocycles. The molecule has 1 N–H and O–H groups in total. The number of ether oxygens (including phenoxy) is 2. The molecule has 0 radical (unpaired) electrons. The second kappa shape index (κ2) is 13.4. The Kier molecular flexibility index (Phi) is 9.15. The first-order valence-electron chi connectivity index (χ1n) is 15.0. The minimum absolute atomic E-state index is 0.0204. The topological polar surface area (TPSA) is 98.6 Å². The molecule has 0 saturated carbocycles. The molecule has 2 aliphatic heterocycles. The van der Waals surface area contributed by atoms with Crippen molar-refractivity contribution >= 4 is 38.8 Å². The number of fused-ring (bicyclic) bond motifs is 3. The number of thiophene rings is 1. The molecule has 3 aromatic heterocycles. The summed E-state index contributed by atoms with van der Waals surface area (Å²) in [5.74, 6) is -1.14. The smallest absolute Gasteiger partial charge is 0.246 e. The number of hydrogen-bond acceptors (Lipinski definition) is 7. The number of aromatic nitrogens is 3. The maximum Gasteiger partial charge on any atom is 0.246 e. The van der Waals surface area contributed by atoms with Crippen LogP contribution in [0.3, 0.4) is 0 Å². The third-order valence-corrected chi connectivity index (χ3v) is 9.25. The van der Waals surface area contributed by atoms with Crippen LogP contribution in [0.1, 0.15) is 29.3 Å². The number of nitrogens with zero attached hydrogens (tertiary/aromatic N) is 4. The van der Waals surface area contributed by atoms with E-state index in [1.807, 2.05) is 47.3 Å². The molecular weight excluding hydrogens is 624 g/mol. The predicted molar refractivity (Wildman–Crippen MR) is 177 cm³/mol. The van der Waals surface area contributed by atoms with Crippen molar-refractivity contribution in [2.45, 2.75) is 39.0 Å². The lowest BCUT2D eigenvalue weighted by atomic mass is 9.93. The van der Waals surface area contributed by atoms with Crippen molar-refractivity contribution in [3.63, 3.8) is 0 Å². The molecule has 9 nitrogen and oxygen atoms in total. The summed E-state index contributed by atoms with van der Waals surface area (Å²) in [4.78, 5) is 31.5. The number of allylic oxidation sites excluding steroid dienone is 3. The van der Waals surface area contributed by atoms with Crippen LogP contribution in [0.5, 0.6) is 0 Å². The van der Waals surface area contributed by atoms with Gasteiger partial charge in [0.25, 0.3) is 0 Å². The second-order valence-corrected chi connectivity index (χ2v) is 12.2. The fourth-order valence-corrected chi connectivity index (χ4v) is 6.95. The molecule has 1 aromatic carbocycles. The lowest BCUT2D eigenvalue weighted by molar-refractivity contribution is -0.129. The molecule has 0 spiro atoms. The number of methoxy groups -OCH3 is 1. The highest BCUT2D eigenvalue weighted by Gasteiger charge is 2.31. The summed E-state index contributed by atoms with van der Waals surface area (Å²) in [7, 11) is 1.52. The number of nitrogens with one attached hydrogen (secondary N) is 1. The van der Waals surface area contributed by atoms with Crippen LogP contribution >= 0.6 is 11.3 Å². The molecule has 242 valence electrons. The molecule has 0 bridgehead atoms. The van der Waals surface area contributed by atoms with E-state index in [0.717, 1.165) is 27.8 Å². The van der Waals surface area contributed by atoms with Crippen molar-refractivity contribution in [3.8, 4) is 22.6 Å². The van der Waals surface area contributed by atoms with Crippen molar-refractivity contribution in [1.82, 2.24) is 25.0 Å². The summed E-state index contributed by atoms with van der Waals surface area (Å²) >= 11 is 1.38. The van der Waals surface area contributed by atoms with Gasteiger partial charge in [0.15, 0.2) is 0 Å². The number of carbonyl (C=O) groups is 2. The Morgan fingerprint density at radius 1 is 1.21 bits per heavy atom. The molecule has 47 heavy (non-hydrogen) atoms. The first-order chi connectivity index (χ1) is 22.7. The van der Waals surface area contributed by atoms with Crippen LogP contribution in [0.25, 0.3) is 38.3 Å². The Morgan fingerprint density at radius 3 is 2.81 bits per heavy atom. The molecule has 0 fully saturated rings. The Hall–Kier alpha value is -4.94. The van der Waals surface area contributed by atoms with Gasteiger partial charge in [0.2, 0.25) is 11.8 Å². The van der Waals surface area contributed by atoms with Gasteiger partial charge in [-0.2, -0.15) is 5.10 Å². The number of halogens is 2. The van der Waals surface area contributed by atoms with Crippen LogP contribution in [-0.2, 0) is 45.1 Å². The highest BCUT2D eigenvalue weighted by molar-refractivity contribution is 7.17. The maximum absolute atomic E-state index is 16.0. The van der Waals surface area contributed by atoms with Crippen molar-refractivity contribution in [1.29, 1.82) is 0 Å². The van der Waals surface area contributed by atoms with Gasteiger partial charge in [0, 0.05) is 47.0 Å². The maximum atomic E-state index is 16.0. The highest BCUT2D eigenvalue weighted by atomic mass is 32.1. The van der Waals surface area contributed by atoms with Crippen LogP contribution in [0.2, 0.25) is 0 Å². The van der Waals surface area contributed by atoms with E-state index in [4.69, 9.17) is 19.6 Å². The molecule has 12 heteroatoms. The van der Waals surface area contributed by atoms with Crippen LogP contribution in [0.15, 0.2) is 78.9 Å². The fourth-order valence-electron chi connectivity index (χ4n) is 6.00. The van der Waals surface area contributed by atoms with E-state index in [2.05, 4.69) is 18.5 Å². The second-order valence-electron chi connectivity index (χ2n) is 11.3. The largest absolute Gasteiger partial charge is 0.491 e. The minimum Gasteiger partial charge on any atom is -0.491 e. The Balaban J connectivity index is 1.60. The SMILES string of the molecule is C=CC(=O)N1Cc2cc(-c3nc(-c4ccc5c(c4)CNC(=O)C5)c4ccsc4c3/C(C(=C)OCCOC)=C(F)/C=C/F)nn2C[C@H]1C. The first-order valence-corrected chi connectivity index (χ1v) is 15.9. The van der Waals surface area contributed by atoms with Crippen LogP contribution in [-0.4, -0.2) is 57.8 Å². The van der Waals surface area contributed by atoms with Gasteiger partial charge >= 0.3 is 0 Å². The summed E-state index contributed by atoms with van der Waals surface area (Å²) in [6.45, 7) is 11.0. The number of rotatable bonds is 10. The predicted octanol–water partition coefficient (Wildman–Crippen LogP) is 6.26. The van der Waals surface area contributed by atoms with Crippen LogP contribution < -0.4 is 5.32 Å². The molecule has 0 unspecified atom stereocenters. The monoisotopic (exact) mass is 657 g/mol. The van der Waals surface area contributed by atoms with E-state index in [-0.39, 0.29) is 48.7 Å².